The molecule has 0 spiro atoms. The topological polar surface area (TPSA) is 84.0 Å². The Bertz CT molecular complexity index is 286. The number of ether oxygens (including phenoxy) is 1. The van der Waals surface area contributed by atoms with Gasteiger partial charge in [-0.25, -0.2) is 0 Å². The predicted octanol–water partition coefficient (Wildman–Crippen LogP) is 1.31. The molecule has 0 radical (unpaired) electrons. The van der Waals surface area contributed by atoms with Crippen LogP contribution in [0.5, 0.6) is 0 Å². The summed E-state index contributed by atoms with van der Waals surface area (Å²) in [6, 6.07) is 0. The SMILES string of the molecule is CCCSC1NC(OC)=C(N=NN)C(Cl)N1. The fraction of sp³-hybridized carbons (Fsp3) is 0.750. The molecule has 0 bridgehead atoms. The first-order chi connectivity index (χ1) is 7.72. The minimum absolute atomic E-state index is 0.00845. The monoisotopic (exact) mass is 265 g/mol. The van der Waals surface area contributed by atoms with Gasteiger partial charge in [0.15, 0.2) is 5.70 Å². The van der Waals surface area contributed by atoms with Gasteiger partial charge in [0, 0.05) is 0 Å². The van der Waals surface area contributed by atoms with Crippen molar-refractivity contribution in [2.45, 2.75) is 24.3 Å². The molecule has 0 aromatic rings. The molecule has 0 fully saturated rings. The molecule has 16 heavy (non-hydrogen) atoms. The van der Waals surface area contributed by atoms with E-state index < -0.39 is 5.50 Å². The van der Waals surface area contributed by atoms with Crippen LogP contribution in [0.2, 0.25) is 0 Å². The van der Waals surface area contributed by atoms with Crippen LogP contribution in [-0.4, -0.2) is 23.9 Å². The van der Waals surface area contributed by atoms with Gasteiger partial charge < -0.3 is 15.9 Å². The summed E-state index contributed by atoms with van der Waals surface area (Å²) in [7, 11) is 1.55. The summed E-state index contributed by atoms with van der Waals surface area (Å²) in [6.45, 7) is 2.12. The molecule has 0 aliphatic carbocycles. The average molecular weight is 266 g/mol. The molecule has 0 saturated heterocycles. The molecule has 2 atom stereocenters. The van der Waals surface area contributed by atoms with Gasteiger partial charge in [0.05, 0.1) is 7.11 Å². The zero-order chi connectivity index (χ0) is 12.0. The quantitative estimate of drug-likeness (QED) is 0.230. The van der Waals surface area contributed by atoms with E-state index in [1.165, 1.54) is 0 Å². The number of nitrogens with two attached hydrogens (primary N) is 1. The molecule has 4 N–H and O–H groups in total. The fourth-order valence-electron chi connectivity index (χ4n) is 1.21. The summed E-state index contributed by atoms with van der Waals surface area (Å²) in [5.41, 5.74) is 0.00648. The lowest BCUT2D eigenvalue weighted by molar-refractivity contribution is 0.236. The van der Waals surface area contributed by atoms with E-state index >= 15 is 0 Å². The van der Waals surface area contributed by atoms with E-state index in [1.807, 2.05) is 0 Å². The van der Waals surface area contributed by atoms with Crippen molar-refractivity contribution >= 4 is 23.4 Å². The van der Waals surface area contributed by atoms with Gasteiger partial charge in [-0.3, -0.25) is 5.32 Å². The lowest BCUT2D eigenvalue weighted by atomic mass is 10.4. The third-order valence-electron chi connectivity index (χ3n) is 1.89. The highest BCUT2D eigenvalue weighted by Crippen LogP contribution is 2.22. The lowest BCUT2D eigenvalue weighted by Gasteiger charge is -2.30. The second-order valence-electron chi connectivity index (χ2n) is 3.06. The Hall–Kier alpha value is -0.660. The largest absolute Gasteiger partial charge is 0.481 e. The zero-order valence-electron chi connectivity index (χ0n) is 9.24. The number of hydrogen-bond donors (Lipinski definition) is 3. The molecule has 2 unspecified atom stereocenters. The normalized spacial score (nSPS) is 25.9. The summed E-state index contributed by atoms with van der Waals surface area (Å²) >= 11 is 7.81. The van der Waals surface area contributed by atoms with Gasteiger partial charge in [-0.05, 0) is 12.2 Å². The number of alkyl halides is 1. The van der Waals surface area contributed by atoms with E-state index in [4.69, 9.17) is 22.2 Å². The number of methoxy groups -OCH3 is 1. The predicted molar refractivity (Wildman–Crippen MR) is 65.5 cm³/mol. The maximum absolute atomic E-state index is 6.10. The van der Waals surface area contributed by atoms with E-state index in [-0.39, 0.29) is 5.50 Å². The molecule has 1 rings (SSSR count). The summed E-state index contributed by atoms with van der Waals surface area (Å²) < 4.78 is 5.16. The summed E-state index contributed by atoms with van der Waals surface area (Å²) in [4.78, 5) is 0. The summed E-state index contributed by atoms with van der Waals surface area (Å²) in [5, 5.41) is 13.2. The number of hydrogen-bond acceptors (Lipinski definition) is 6. The minimum Gasteiger partial charge on any atom is -0.481 e. The molecule has 1 aliphatic rings. The molecular formula is C8H16ClN5OS. The van der Waals surface area contributed by atoms with E-state index in [0.29, 0.717) is 11.6 Å². The van der Waals surface area contributed by atoms with Gasteiger partial charge in [-0.2, -0.15) is 0 Å². The Morgan fingerprint density at radius 1 is 1.62 bits per heavy atom. The molecule has 0 aromatic heterocycles. The standard InChI is InChI=1S/C8H16ClN5OS/c1-3-4-16-8-11-6(9)5(13-14-10)7(12-8)15-2/h6,8,11-12H,3-4H2,1-2H3,(H2,10,13). The Balaban J connectivity index is 2.72. The molecule has 0 aromatic carbocycles. The highest BCUT2D eigenvalue weighted by molar-refractivity contribution is 7.99. The molecule has 1 heterocycles. The van der Waals surface area contributed by atoms with Crippen molar-refractivity contribution in [1.29, 1.82) is 0 Å². The van der Waals surface area contributed by atoms with Crippen LogP contribution < -0.4 is 16.5 Å². The Morgan fingerprint density at radius 2 is 2.38 bits per heavy atom. The van der Waals surface area contributed by atoms with Crippen LogP contribution in [0.15, 0.2) is 21.9 Å². The van der Waals surface area contributed by atoms with Gasteiger partial charge in [0.25, 0.3) is 0 Å². The highest BCUT2D eigenvalue weighted by atomic mass is 35.5. The first kappa shape index (κ1) is 13.4. The van der Waals surface area contributed by atoms with Crippen LogP contribution in [0.25, 0.3) is 0 Å². The van der Waals surface area contributed by atoms with Crippen LogP contribution in [-0.2, 0) is 4.74 Å². The third kappa shape index (κ3) is 3.43. The summed E-state index contributed by atoms with van der Waals surface area (Å²) in [5.74, 6) is 6.53. The number of halogens is 1. The van der Waals surface area contributed by atoms with E-state index in [1.54, 1.807) is 18.9 Å². The Morgan fingerprint density at radius 3 is 2.94 bits per heavy atom. The smallest absolute Gasteiger partial charge is 0.215 e. The zero-order valence-corrected chi connectivity index (χ0v) is 10.8. The van der Waals surface area contributed by atoms with E-state index in [0.717, 1.165) is 12.2 Å². The molecule has 8 heteroatoms. The maximum atomic E-state index is 6.10. The molecule has 1 aliphatic heterocycles. The van der Waals surface area contributed by atoms with Crippen molar-refractivity contribution in [1.82, 2.24) is 10.6 Å². The average Bonchev–Trinajstić information content (AvgIpc) is 2.29. The molecule has 6 nitrogen and oxygen atoms in total. The van der Waals surface area contributed by atoms with Crippen molar-refractivity contribution in [3.63, 3.8) is 0 Å². The van der Waals surface area contributed by atoms with Crippen LogP contribution in [0.4, 0.5) is 0 Å². The molecular weight excluding hydrogens is 250 g/mol. The first-order valence-electron chi connectivity index (χ1n) is 4.90. The van der Waals surface area contributed by atoms with Gasteiger partial charge in [-0.1, -0.05) is 23.7 Å². The van der Waals surface area contributed by atoms with E-state index in [9.17, 15) is 0 Å². The number of thioether (sulfide) groups is 1. The third-order valence-corrected chi connectivity index (χ3v) is 3.45. The van der Waals surface area contributed by atoms with Crippen LogP contribution in [0.1, 0.15) is 13.3 Å². The van der Waals surface area contributed by atoms with Crippen molar-refractivity contribution in [2.24, 2.45) is 16.2 Å². The van der Waals surface area contributed by atoms with Crippen molar-refractivity contribution < 1.29 is 4.74 Å². The molecule has 92 valence electrons. The lowest BCUT2D eigenvalue weighted by Crippen LogP contribution is -2.49. The van der Waals surface area contributed by atoms with Crippen LogP contribution in [0.3, 0.4) is 0 Å². The van der Waals surface area contributed by atoms with Gasteiger partial charge in [0.1, 0.15) is 11.0 Å². The van der Waals surface area contributed by atoms with Crippen LogP contribution in [0, 0.1) is 0 Å². The van der Waals surface area contributed by atoms with Crippen LogP contribution >= 0.6 is 23.4 Å². The van der Waals surface area contributed by atoms with Crippen molar-refractivity contribution in [3.8, 4) is 0 Å². The second-order valence-corrected chi connectivity index (χ2v) is 4.71. The van der Waals surface area contributed by atoms with Gasteiger partial charge in [-0.15, -0.1) is 16.9 Å². The van der Waals surface area contributed by atoms with Gasteiger partial charge in [0.2, 0.25) is 5.88 Å². The fourth-order valence-corrected chi connectivity index (χ4v) is 2.45. The van der Waals surface area contributed by atoms with Crippen molar-refractivity contribution in [3.05, 3.63) is 11.6 Å². The van der Waals surface area contributed by atoms with E-state index in [2.05, 4.69) is 27.9 Å². The Kier molecular flexibility index (Phi) is 5.72. The molecule has 0 amide bonds. The highest BCUT2D eigenvalue weighted by Gasteiger charge is 2.28. The summed E-state index contributed by atoms with van der Waals surface area (Å²) in [6.07, 6.45) is 1.10. The number of rotatable bonds is 5. The number of nitrogens with one attached hydrogen (secondary N) is 2. The number of nitrogens with zero attached hydrogens (tertiary/aromatic N) is 2. The van der Waals surface area contributed by atoms with Gasteiger partial charge >= 0.3 is 0 Å². The minimum atomic E-state index is -0.460. The first-order valence-corrected chi connectivity index (χ1v) is 6.38. The second kappa shape index (κ2) is 6.82. The Labute approximate surface area is 104 Å². The molecule has 0 saturated carbocycles. The van der Waals surface area contributed by atoms with Crippen molar-refractivity contribution in [2.75, 3.05) is 12.9 Å². The maximum Gasteiger partial charge on any atom is 0.215 e.